The minimum Gasteiger partial charge on any atom is -0.489 e. The number of carbonyl (C=O) groups is 2. The quantitative estimate of drug-likeness (QED) is 0.264. The number of ether oxygens (including phenoxy) is 1. The van der Waals surface area contributed by atoms with Crippen molar-refractivity contribution in [2.75, 3.05) is 6.54 Å². The number of halogens is 1. The lowest BCUT2D eigenvalue weighted by Gasteiger charge is -2.07. The highest BCUT2D eigenvalue weighted by Gasteiger charge is 2.10. The predicted molar refractivity (Wildman–Crippen MR) is 129 cm³/mol. The van der Waals surface area contributed by atoms with Gasteiger partial charge in [-0.15, -0.1) is 0 Å². The smallest absolute Gasteiger partial charge is 0.259 e. The highest BCUT2D eigenvalue weighted by molar-refractivity contribution is 14.1. The van der Waals surface area contributed by atoms with Crippen LogP contribution in [0.15, 0.2) is 77.9 Å². The average Bonchev–Trinajstić information content (AvgIpc) is 2.78. The minimum atomic E-state index is -0.409. The lowest BCUT2D eigenvalue weighted by molar-refractivity contribution is -0.120. The number of nitrogens with zero attached hydrogens (tertiary/aromatic N) is 1. The largest absolute Gasteiger partial charge is 0.489 e. The van der Waals surface area contributed by atoms with Gasteiger partial charge in [0.15, 0.2) is 0 Å². The van der Waals surface area contributed by atoms with Crippen molar-refractivity contribution in [2.24, 2.45) is 5.10 Å². The maximum atomic E-state index is 12.1. The Morgan fingerprint density at radius 3 is 2.42 bits per heavy atom. The van der Waals surface area contributed by atoms with Gasteiger partial charge in [0.25, 0.3) is 11.8 Å². The summed E-state index contributed by atoms with van der Waals surface area (Å²) >= 11 is 2.08. The fraction of sp³-hybridized carbons (Fsp3) is 0.125. The van der Waals surface area contributed by atoms with Crippen LogP contribution in [0.1, 0.15) is 27.0 Å². The second-order valence-corrected chi connectivity index (χ2v) is 7.96. The summed E-state index contributed by atoms with van der Waals surface area (Å²) in [6.07, 6.45) is 1.53. The van der Waals surface area contributed by atoms with Gasteiger partial charge >= 0.3 is 0 Å². The van der Waals surface area contributed by atoms with Crippen LogP contribution in [-0.4, -0.2) is 24.6 Å². The van der Waals surface area contributed by atoms with Crippen molar-refractivity contribution in [3.8, 4) is 5.75 Å². The fourth-order valence-corrected chi connectivity index (χ4v) is 3.25. The van der Waals surface area contributed by atoms with Crippen molar-refractivity contribution in [1.29, 1.82) is 0 Å². The van der Waals surface area contributed by atoms with Crippen LogP contribution in [0.2, 0.25) is 0 Å². The standard InChI is InChI=1S/C24H22IN3O3/c1-17-6-8-19(9-7-17)16-31-20-12-10-18(11-13-20)14-27-28-23(29)15-26-24(30)21-4-2-3-5-22(21)25/h2-14H,15-16H2,1H3,(H,26,30)(H,28,29)/b27-14-. The molecule has 0 aliphatic heterocycles. The molecule has 0 spiro atoms. The zero-order valence-corrected chi connectivity index (χ0v) is 19.1. The normalized spacial score (nSPS) is 10.6. The van der Waals surface area contributed by atoms with E-state index < -0.39 is 5.91 Å². The van der Waals surface area contributed by atoms with Gasteiger partial charge in [0.05, 0.1) is 18.3 Å². The van der Waals surface area contributed by atoms with Crippen molar-refractivity contribution in [1.82, 2.24) is 10.7 Å². The number of hydrogen-bond acceptors (Lipinski definition) is 4. The van der Waals surface area contributed by atoms with Gasteiger partial charge in [-0.05, 0) is 77.0 Å². The third kappa shape index (κ3) is 7.21. The van der Waals surface area contributed by atoms with E-state index in [9.17, 15) is 9.59 Å². The molecule has 0 aliphatic rings. The number of amides is 2. The molecule has 3 rings (SSSR count). The maximum absolute atomic E-state index is 12.1. The van der Waals surface area contributed by atoms with Crippen LogP contribution in [0.3, 0.4) is 0 Å². The van der Waals surface area contributed by atoms with Gasteiger partial charge in [-0.25, -0.2) is 5.43 Å². The molecule has 0 fully saturated rings. The summed E-state index contributed by atoms with van der Waals surface area (Å²) in [7, 11) is 0. The van der Waals surface area contributed by atoms with E-state index in [4.69, 9.17) is 4.74 Å². The monoisotopic (exact) mass is 527 g/mol. The van der Waals surface area contributed by atoms with E-state index in [-0.39, 0.29) is 12.5 Å². The van der Waals surface area contributed by atoms with Crippen LogP contribution >= 0.6 is 22.6 Å². The second-order valence-electron chi connectivity index (χ2n) is 6.80. The van der Waals surface area contributed by atoms with Gasteiger partial charge in [0.2, 0.25) is 0 Å². The molecule has 0 aromatic heterocycles. The summed E-state index contributed by atoms with van der Waals surface area (Å²) in [5, 5.41) is 6.50. The highest BCUT2D eigenvalue weighted by atomic mass is 127. The number of rotatable bonds is 8. The molecule has 0 aliphatic carbocycles. The second kappa shape index (κ2) is 11.3. The van der Waals surface area contributed by atoms with E-state index in [1.807, 2.05) is 48.5 Å². The maximum Gasteiger partial charge on any atom is 0.259 e. The molecule has 31 heavy (non-hydrogen) atoms. The van der Waals surface area contributed by atoms with E-state index in [2.05, 4.69) is 57.5 Å². The van der Waals surface area contributed by atoms with Crippen molar-refractivity contribution < 1.29 is 14.3 Å². The molecule has 3 aromatic carbocycles. The van der Waals surface area contributed by atoms with Gasteiger partial charge in [-0.3, -0.25) is 9.59 Å². The molecular formula is C24H22IN3O3. The van der Waals surface area contributed by atoms with Gasteiger partial charge in [-0.1, -0.05) is 42.0 Å². The number of benzene rings is 3. The Morgan fingerprint density at radius 2 is 1.71 bits per heavy atom. The zero-order valence-electron chi connectivity index (χ0n) is 17.0. The molecule has 0 radical (unpaired) electrons. The van der Waals surface area contributed by atoms with Crippen LogP contribution < -0.4 is 15.5 Å². The number of hydrogen-bond donors (Lipinski definition) is 2. The molecular weight excluding hydrogens is 505 g/mol. The lowest BCUT2D eigenvalue weighted by Crippen LogP contribution is -2.35. The van der Waals surface area contributed by atoms with Crippen molar-refractivity contribution in [2.45, 2.75) is 13.5 Å². The Kier molecular flexibility index (Phi) is 8.17. The van der Waals surface area contributed by atoms with E-state index in [1.54, 1.807) is 12.1 Å². The first kappa shape index (κ1) is 22.5. The van der Waals surface area contributed by atoms with E-state index >= 15 is 0 Å². The van der Waals surface area contributed by atoms with Crippen LogP contribution in [0, 0.1) is 10.5 Å². The van der Waals surface area contributed by atoms with Crippen molar-refractivity contribution >= 4 is 40.6 Å². The predicted octanol–water partition coefficient (Wildman–Crippen LogP) is 4.06. The molecule has 2 amide bonds. The summed E-state index contributed by atoms with van der Waals surface area (Å²) in [5.41, 5.74) is 6.06. The SMILES string of the molecule is Cc1ccc(COc2ccc(/C=N\NC(=O)CNC(=O)c3ccccc3I)cc2)cc1. The van der Waals surface area contributed by atoms with E-state index in [1.165, 1.54) is 11.8 Å². The number of nitrogens with one attached hydrogen (secondary N) is 2. The number of carbonyl (C=O) groups excluding carboxylic acids is 2. The first-order chi connectivity index (χ1) is 15.0. The Bertz CT molecular complexity index is 1060. The first-order valence-corrected chi connectivity index (χ1v) is 10.7. The molecule has 6 nitrogen and oxygen atoms in total. The van der Waals surface area contributed by atoms with Gasteiger partial charge in [0, 0.05) is 3.57 Å². The van der Waals surface area contributed by atoms with E-state index in [0.29, 0.717) is 12.2 Å². The summed E-state index contributed by atoms with van der Waals surface area (Å²) in [6.45, 7) is 2.39. The molecule has 0 heterocycles. The topological polar surface area (TPSA) is 79.8 Å². The Morgan fingerprint density at radius 1 is 1.00 bits per heavy atom. The molecule has 0 unspecified atom stereocenters. The lowest BCUT2D eigenvalue weighted by atomic mass is 10.2. The molecule has 158 valence electrons. The molecule has 0 atom stereocenters. The van der Waals surface area contributed by atoms with Gasteiger partial charge in [0.1, 0.15) is 12.4 Å². The summed E-state index contributed by atoms with van der Waals surface area (Å²) in [6, 6.07) is 22.8. The average molecular weight is 527 g/mol. The van der Waals surface area contributed by atoms with Gasteiger partial charge in [-0.2, -0.15) is 5.10 Å². The van der Waals surface area contributed by atoms with Crippen LogP contribution in [0.4, 0.5) is 0 Å². The minimum absolute atomic E-state index is 0.160. The molecule has 2 N–H and O–H groups in total. The fourth-order valence-electron chi connectivity index (χ4n) is 2.62. The molecule has 0 saturated carbocycles. The van der Waals surface area contributed by atoms with Crippen LogP contribution in [-0.2, 0) is 11.4 Å². The van der Waals surface area contributed by atoms with Crippen molar-refractivity contribution in [3.05, 3.63) is 98.6 Å². The third-order valence-electron chi connectivity index (χ3n) is 4.34. The zero-order chi connectivity index (χ0) is 22.1. The number of aryl methyl sites for hydroxylation is 1. The molecule has 0 bridgehead atoms. The van der Waals surface area contributed by atoms with Crippen molar-refractivity contribution in [3.63, 3.8) is 0 Å². The Hall–Kier alpha value is -3.20. The molecule has 7 heteroatoms. The molecule has 3 aromatic rings. The first-order valence-electron chi connectivity index (χ1n) is 9.64. The van der Waals surface area contributed by atoms with Crippen LogP contribution in [0.5, 0.6) is 5.75 Å². The van der Waals surface area contributed by atoms with E-state index in [0.717, 1.165) is 20.4 Å². The summed E-state index contributed by atoms with van der Waals surface area (Å²) in [5.74, 6) is 0.0407. The summed E-state index contributed by atoms with van der Waals surface area (Å²) in [4.78, 5) is 24.0. The Labute approximate surface area is 194 Å². The van der Waals surface area contributed by atoms with Crippen LogP contribution in [0.25, 0.3) is 0 Å². The highest BCUT2D eigenvalue weighted by Crippen LogP contribution is 2.14. The Balaban J connectivity index is 1.41. The summed E-state index contributed by atoms with van der Waals surface area (Å²) < 4.78 is 6.60. The van der Waals surface area contributed by atoms with Gasteiger partial charge < -0.3 is 10.1 Å². The third-order valence-corrected chi connectivity index (χ3v) is 5.28. The number of hydrazone groups is 1. The molecule has 0 saturated heterocycles.